The van der Waals surface area contributed by atoms with Crippen molar-refractivity contribution < 1.29 is 17.9 Å². The van der Waals surface area contributed by atoms with Crippen molar-refractivity contribution in [1.82, 2.24) is 5.32 Å². The van der Waals surface area contributed by atoms with Gasteiger partial charge in [-0.1, -0.05) is 25.1 Å². The second kappa shape index (κ2) is 7.27. The Balaban J connectivity index is 2.22. The summed E-state index contributed by atoms with van der Waals surface area (Å²) in [5.74, 6) is 0.334. The Bertz CT molecular complexity index is 441. The Morgan fingerprint density at radius 2 is 2.10 bits per heavy atom. The van der Waals surface area contributed by atoms with E-state index >= 15 is 0 Å². The molecule has 0 amide bonds. The van der Waals surface area contributed by atoms with Crippen LogP contribution >= 0.6 is 0 Å². The topological polar surface area (TPSA) is 21.3 Å². The molecule has 0 spiro atoms. The lowest BCUT2D eigenvalue weighted by atomic mass is 9.91. The Kier molecular flexibility index (Phi) is 5.65. The van der Waals surface area contributed by atoms with E-state index < -0.39 is 11.7 Å². The van der Waals surface area contributed by atoms with Crippen molar-refractivity contribution >= 4 is 0 Å². The van der Waals surface area contributed by atoms with Crippen molar-refractivity contribution in [3.8, 4) is 0 Å². The SMILES string of the molecule is CCCNC(CC1CCOC1)c1ccccc1C(F)(F)F. The lowest BCUT2D eigenvalue weighted by molar-refractivity contribution is -0.138. The molecule has 0 saturated carbocycles. The van der Waals surface area contributed by atoms with Crippen LogP contribution in [-0.4, -0.2) is 19.8 Å². The smallest absolute Gasteiger partial charge is 0.381 e. The molecule has 2 unspecified atom stereocenters. The van der Waals surface area contributed by atoms with Crippen LogP contribution < -0.4 is 5.32 Å². The predicted octanol–water partition coefficient (Wildman–Crippen LogP) is 4.17. The molecule has 1 N–H and O–H groups in total. The van der Waals surface area contributed by atoms with Crippen molar-refractivity contribution in [2.45, 2.75) is 38.4 Å². The Hall–Kier alpha value is -1.07. The molecule has 1 aromatic rings. The third kappa shape index (κ3) is 4.45. The van der Waals surface area contributed by atoms with Gasteiger partial charge in [-0.3, -0.25) is 0 Å². The highest BCUT2D eigenvalue weighted by atomic mass is 19.4. The quantitative estimate of drug-likeness (QED) is 0.851. The van der Waals surface area contributed by atoms with Crippen LogP contribution in [0.4, 0.5) is 13.2 Å². The van der Waals surface area contributed by atoms with E-state index in [1.807, 2.05) is 6.92 Å². The molecule has 21 heavy (non-hydrogen) atoms. The van der Waals surface area contributed by atoms with Crippen molar-refractivity contribution in [3.63, 3.8) is 0 Å². The molecule has 0 radical (unpaired) electrons. The Morgan fingerprint density at radius 1 is 1.33 bits per heavy atom. The van der Waals surface area contributed by atoms with Crippen molar-refractivity contribution in [1.29, 1.82) is 0 Å². The molecular formula is C16H22F3NO. The number of rotatable bonds is 6. The summed E-state index contributed by atoms with van der Waals surface area (Å²) in [4.78, 5) is 0. The maximum atomic E-state index is 13.2. The summed E-state index contributed by atoms with van der Waals surface area (Å²) in [6, 6.07) is 5.61. The first kappa shape index (κ1) is 16.3. The molecule has 5 heteroatoms. The summed E-state index contributed by atoms with van der Waals surface area (Å²) < 4.78 is 44.9. The van der Waals surface area contributed by atoms with Gasteiger partial charge in [-0.2, -0.15) is 13.2 Å². The van der Waals surface area contributed by atoms with Crippen molar-refractivity contribution in [3.05, 3.63) is 35.4 Å². The van der Waals surface area contributed by atoms with Crippen LogP contribution in [-0.2, 0) is 10.9 Å². The fraction of sp³-hybridized carbons (Fsp3) is 0.625. The molecule has 2 atom stereocenters. The standard InChI is InChI=1S/C16H22F3NO/c1-2-8-20-15(10-12-7-9-21-11-12)13-5-3-4-6-14(13)16(17,18)19/h3-6,12,15,20H,2,7-11H2,1H3. The largest absolute Gasteiger partial charge is 0.416 e. The first-order valence-electron chi connectivity index (χ1n) is 7.49. The zero-order valence-electron chi connectivity index (χ0n) is 12.2. The molecule has 118 valence electrons. The van der Waals surface area contributed by atoms with E-state index in [4.69, 9.17) is 4.74 Å². The molecule has 1 aliphatic heterocycles. The van der Waals surface area contributed by atoms with Crippen LogP contribution in [0.15, 0.2) is 24.3 Å². The summed E-state index contributed by atoms with van der Waals surface area (Å²) in [5.41, 5.74) is -0.178. The fourth-order valence-corrected chi connectivity index (χ4v) is 2.80. The van der Waals surface area contributed by atoms with Gasteiger partial charge in [-0.15, -0.1) is 0 Å². The maximum Gasteiger partial charge on any atom is 0.416 e. The van der Waals surface area contributed by atoms with E-state index in [2.05, 4.69) is 5.32 Å². The Morgan fingerprint density at radius 3 is 2.71 bits per heavy atom. The molecule has 1 saturated heterocycles. The van der Waals surface area contributed by atoms with Crippen LogP contribution in [0.3, 0.4) is 0 Å². The molecule has 1 fully saturated rings. The van der Waals surface area contributed by atoms with Gasteiger partial charge in [0.25, 0.3) is 0 Å². The van der Waals surface area contributed by atoms with Gasteiger partial charge < -0.3 is 10.1 Å². The molecular weight excluding hydrogens is 279 g/mol. The zero-order valence-corrected chi connectivity index (χ0v) is 12.2. The number of benzene rings is 1. The molecule has 2 rings (SSSR count). The van der Waals surface area contributed by atoms with E-state index in [0.717, 1.165) is 12.8 Å². The average Bonchev–Trinajstić information content (AvgIpc) is 2.95. The molecule has 1 heterocycles. The van der Waals surface area contributed by atoms with Gasteiger partial charge in [0.15, 0.2) is 0 Å². The van der Waals surface area contributed by atoms with Gasteiger partial charge in [0, 0.05) is 19.3 Å². The van der Waals surface area contributed by atoms with Crippen molar-refractivity contribution in [2.75, 3.05) is 19.8 Å². The first-order valence-corrected chi connectivity index (χ1v) is 7.49. The van der Waals surface area contributed by atoms with Gasteiger partial charge in [0.2, 0.25) is 0 Å². The minimum absolute atomic E-state index is 0.269. The number of ether oxygens (including phenoxy) is 1. The van der Waals surface area contributed by atoms with Crippen LogP contribution in [0.5, 0.6) is 0 Å². The monoisotopic (exact) mass is 301 g/mol. The molecule has 2 nitrogen and oxygen atoms in total. The summed E-state index contributed by atoms with van der Waals surface area (Å²) in [7, 11) is 0. The van der Waals surface area contributed by atoms with Gasteiger partial charge in [0.05, 0.1) is 5.56 Å². The number of nitrogens with one attached hydrogen (secondary N) is 1. The van der Waals surface area contributed by atoms with Gasteiger partial charge in [-0.05, 0) is 43.4 Å². The number of halogens is 3. The van der Waals surface area contributed by atoms with Crippen molar-refractivity contribution in [2.24, 2.45) is 5.92 Å². The number of alkyl halides is 3. The minimum atomic E-state index is -4.31. The van der Waals surface area contributed by atoms with Gasteiger partial charge in [0.1, 0.15) is 0 Å². The minimum Gasteiger partial charge on any atom is -0.381 e. The number of hydrogen-bond acceptors (Lipinski definition) is 2. The molecule has 1 aliphatic rings. The highest BCUT2D eigenvalue weighted by Crippen LogP contribution is 2.37. The highest BCUT2D eigenvalue weighted by molar-refractivity contribution is 5.32. The van der Waals surface area contributed by atoms with Crippen LogP contribution in [0, 0.1) is 5.92 Å². The third-order valence-corrected chi connectivity index (χ3v) is 3.88. The second-order valence-electron chi connectivity index (χ2n) is 5.56. The van der Waals surface area contributed by atoms with E-state index in [1.165, 1.54) is 12.1 Å². The fourth-order valence-electron chi connectivity index (χ4n) is 2.80. The summed E-state index contributed by atoms with van der Waals surface area (Å²) in [5, 5.41) is 3.27. The van der Waals surface area contributed by atoms with Crippen LogP contribution in [0.2, 0.25) is 0 Å². The summed E-state index contributed by atoms with van der Waals surface area (Å²) >= 11 is 0. The summed E-state index contributed by atoms with van der Waals surface area (Å²) in [6.45, 7) is 4.09. The van der Waals surface area contributed by atoms with Crippen LogP contribution in [0.1, 0.15) is 43.4 Å². The molecule has 0 bridgehead atoms. The lowest BCUT2D eigenvalue weighted by Crippen LogP contribution is -2.27. The van der Waals surface area contributed by atoms with Gasteiger partial charge >= 0.3 is 6.18 Å². The van der Waals surface area contributed by atoms with E-state index in [1.54, 1.807) is 12.1 Å². The van der Waals surface area contributed by atoms with Crippen LogP contribution in [0.25, 0.3) is 0 Å². The summed E-state index contributed by atoms with van der Waals surface area (Å²) in [6.07, 6.45) is -1.80. The Labute approximate surface area is 123 Å². The molecule has 0 aromatic heterocycles. The van der Waals surface area contributed by atoms with E-state index in [9.17, 15) is 13.2 Å². The predicted molar refractivity (Wildman–Crippen MR) is 76.0 cm³/mol. The lowest BCUT2D eigenvalue weighted by Gasteiger charge is -2.25. The molecule has 0 aliphatic carbocycles. The van der Waals surface area contributed by atoms with E-state index in [-0.39, 0.29) is 6.04 Å². The van der Waals surface area contributed by atoms with E-state index in [0.29, 0.717) is 37.7 Å². The zero-order chi connectivity index (χ0) is 15.3. The third-order valence-electron chi connectivity index (χ3n) is 3.88. The maximum absolute atomic E-state index is 13.2. The average molecular weight is 301 g/mol. The highest BCUT2D eigenvalue weighted by Gasteiger charge is 2.35. The molecule has 1 aromatic carbocycles. The normalized spacial score (nSPS) is 20.7. The van der Waals surface area contributed by atoms with Gasteiger partial charge in [-0.25, -0.2) is 0 Å². The second-order valence-corrected chi connectivity index (χ2v) is 5.56. The number of hydrogen-bond donors (Lipinski definition) is 1. The first-order chi connectivity index (χ1) is 10.0.